The highest BCUT2D eigenvalue weighted by atomic mass is 16.6. The number of carbonyl (C=O) groups excluding carboxylic acids is 2. The molecule has 2 aliphatic rings. The van der Waals surface area contributed by atoms with Crippen LogP contribution < -0.4 is 0 Å². The Hall–Kier alpha value is -1.10. The SMILES string of the molecule is CC(C)(C)OC(=O)N1CC2OCC(=O)C2C1. The molecule has 2 unspecified atom stereocenters. The molecule has 0 spiro atoms. The van der Waals surface area contributed by atoms with E-state index >= 15 is 0 Å². The van der Waals surface area contributed by atoms with Gasteiger partial charge in [0.1, 0.15) is 12.2 Å². The number of hydrogen-bond donors (Lipinski definition) is 0. The van der Waals surface area contributed by atoms with Gasteiger partial charge < -0.3 is 14.4 Å². The number of rotatable bonds is 0. The van der Waals surface area contributed by atoms with Crippen molar-refractivity contribution in [1.29, 1.82) is 0 Å². The molecule has 5 heteroatoms. The molecule has 2 rings (SSSR count). The van der Waals surface area contributed by atoms with Crippen molar-refractivity contribution in [3.05, 3.63) is 0 Å². The van der Waals surface area contributed by atoms with Crippen LogP contribution in [0.25, 0.3) is 0 Å². The van der Waals surface area contributed by atoms with Gasteiger partial charge in [-0.2, -0.15) is 0 Å². The molecular weight excluding hydrogens is 210 g/mol. The van der Waals surface area contributed by atoms with E-state index in [1.807, 2.05) is 20.8 Å². The molecule has 2 heterocycles. The van der Waals surface area contributed by atoms with Crippen molar-refractivity contribution < 1.29 is 19.1 Å². The summed E-state index contributed by atoms with van der Waals surface area (Å²) >= 11 is 0. The van der Waals surface area contributed by atoms with Gasteiger partial charge in [0.05, 0.1) is 18.6 Å². The summed E-state index contributed by atoms with van der Waals surface area (Å²) in [5.41, 5.74) is -0.500. The monoisotopic (exact) mass is 227 g/mol. The number of nitrogens with zero attached hydrogens (tertiary/aromatic N) is 1. The molecule has 16 heavy (non-hydrogen) atoms. The normalized spacial score (nSPS) is 29.4. The summed E-state index contributed by atoms with van der Waals surface area (Å²) in [6.07, 6.45) is -0.488. The number of fused-ring (bicyclic) bond motifs is 1. The smallest absolute Gasteiger partial charge is 0.410 e. The molecule has 0 saturated carbocycles. The zero-order chi connectivity index (χ0) is 11.9. The molecule has 0 aromatic heterocycles. The van der Waals surface area contributed by atoms with Crippen LogP contribution in [0.15, 0.2) is 0 Å². The fourth-order valence-electron chi connectivity index (χ4n) is 2.02. The quantitative estimate of drug-likeness (QED) is 0.615. The number of ether oxygens (including phenoxy) is 2. The molecular formula is C11H17NO4. The Morgan fingerprint density at radius 3 is 2.69 bits per heavy atom. The summed E-state index contributed by atoms with van der Waals surface area (Å²) in [5.74, 6) is -0.0522. The first-order valence-corrected chi connectivity index (χ1v) is 5.49. The Balaban J connectivity index is 1.94. The predicted octanol–water partition coefficient (Wildman–Crippen LogP) is 0.821. The van der Waals surface area contributed by atoms with Crippen LogP contribution in [0.3, 0.4) is 0 Å². The lowest BCUT2D eigenvalue weighted by molar-refractivity contribution is -0.120. The average Bonchev–Trinajstić information content (AvgIpc) is 2.65. The zero-order valence-corrected chi connectivity index (χ0v) is 9.86. The maximum Gasteiger partial charge on any atom is 0.410 e. The van der Waals surface area contributed by atoms with Crippen LogP contribution >= 0.6 is 0 Å². The third kappa shape index (κ3) is 2.19. The molecule has 2 aliphatic heterocycles. The van der Waals surface area contributed by atoms with Gasteiger partial charge in [0, 0.05) is 6.54 Å². The number of Topliss-reactive ketones (excluding diaryl/α,β-unsaturated/α-hetero) is 1. The molecule has 5 nitrogen and oxygen atoms in total. The summed E-state index contributed by atoms with van der Waals surface area (Å²) in [7, 11) is 0. The number of carbonyl (C=O) groups is 2. The van der Waals surface area contributed by atoms with Gasteiger partial charge in [0.25, 0.3) is 0 Å². The van der Waals surface area contributed by atoms with Crippen LogP contribution in [0.1, 0.15) is 20.8 Å². The van der Waals surface area contributed by atoms with E-state index in [0.29, 0.717) is 13.1 Å². The molecule has 2 fully saturated rings. The summed E-state index contributed by atoms with van der Waals surface area (Å²) < 4.78 is 10.5. The van der Waals surface area contributed by atoms with Crippen molar-refractivity contribution in [2.45, 2.75) is 32.5 Å². The molecule has 0 N–H and O–H groups in total. The van der Waals surface area contributed by atoms with Crippen LogP contribution in [-0.2, 0) is 14.3 Å². The largest absolute Gasteiger partial charge is 0.444 e. The van der Waals surface area contributed by atoms with Crippen LogP contribution in [-0.4, -0.2) is 48.2 Å². The highest BCUT2D eigenvalue weighted by Gasteiger charge is 2.45. The standard InChI is InChI=1S/C11H17NO4/c1-11(2,3)16-10(14)12-4-7-8(13)6-15-9(7)5-12/h7,9H,4-6H2,1-3H3. The Kier molecular flexibility index (Phi) is 2.66. The van der Waals surface area contributed by atoms with Crippen LogP contribution in [0.4, 0.5) is 4.79 Å². The van der Waals surface area contributed by atoms with E-state index in [1.165, 1.54) is 0 Å². The third-order valence-corrected chi connectivity index (χ3v) is 2.77. The lowest BCUT2D eigenvalue weighted by Gasteiger charge is -2.24. The van der Waals surface area contributed by atoms with Crippen LogP contribution in [0.5, 0.6) is 0 Å². The maximum atomic E-state index is 11.7. The zero-order valence-electron chi connectivity index (χ0n) is 9.86. The maximum absolute atomic E-state index is 11.7. The van der Waals surface area contributed by atoms with Crippen molar-refractivity contribution in [2.24, 2.45) is 5.92 Å². The van der Waals surface area contributed by atoms with Gasteiger partial charge in [-0.3, -0.25) is 4.79 Å². The first-order valence-electron chi connectivity index (χ1n) is 5.49. The van der Waals surface area contributed by atoms with Gasteiger partial charge >= 0.3 is 6.09 Å². The lowest BCUT2D eigenvalue weighted by Crippen LogP contribution is -2.36. The minimum atomic E-state index is -0.500. The summed E-state index contributed by atoms with van der Waals surface area (Å²) in [4.78, 5) is 24.7. The second kappa shape index (κ2) is 3.73. The fraction of sp³-hybridized carbons (Fsp3) is 0.818. The second-order valence-corrected chi connectivity index (χ2v) is 5.31. The van der Waals surface area contributed by atoms with E-state index in [9.17, 15) is 9.59 Å². The van der Waals surface area contributed by atoms with Crippen molar-refractivity contribution in [1.82, 2.24) is 4.90 Å². The molecule has 0 aromatic rings. The van der Waals surface area contributed by atoms with Gasteiger partial charge in [-0.25, -0.2) is 4.79 Å². The van der Waals surface area contributed by atoms with E-state index in [2.05, 4.69) is 0 Å². The molecule has 0 aromatic carbocycles. The van der Waals surface area contributed by atoms with Crippen molar-refractivity contribution >= 4 is 11.9 Å². The van der Waals surface area contributed by atoms with Gasteiger partial charge in [-0.05, 0) is 20.8 Å². The molecule has 1 amide bonds. The highest BCUT2D eigenvalue weighted by Crippen LogP contribution is 2.27. The van der Waals surface area contributed by atoms with Gasteiger partial charge in [0.2, 0.25) is 0 Å². The number of hydrogen-bond acceptors (Lipinski definition) is 4. The molecule has 2 saturated heterocycles. The van der Waals surface area contributed by atoms with Crippen LogP contribution in [0.2, 0.25) is 0 Å². The fourth-order valence-corrected chi connectivity index (χ4v) is 2.02. The molecule has 0 aliphatic carbocycles. The molecule has 0 bridgehead atoms. The van der Waals surface area contributed by atoms with Crippen molar-refractivity contribution in [2.75, 3.05) is 19.7 Å². The first-order chi connectivity index (χ1) is 7.37. The first kappa shape index (κ1) is 11.4. The van der Waals surface area contributed by atoms with Gasteiger partial charge in [-0.15, -0.1) is 0 Å². The molecule has 2 atom stereocenters. The second-order valence-electron chi connectivity index (χ2n) is 5.31. The van der Waals surface area contributed by atoms with E-state index in [4.69, 9.17) is 9.47 Å². The Morgan fingerprint density at radius 2 is 2.12 bits per heavy atom. The third-order valence-electron chi connectivity index (χ3n) is 2.77. The van der Waals surface area contributed by atoms with Crippen LogP contribution in [0, 0.1) is 5.92 Å². The molecule has 90 valence electrons. The van der Waals surface area contributed by atoms with Crippen molar-refractivity contribution in [3.63, 3.8) is 0 Å². The summed E-state index contributed by atoms with van der Waals surface area (Å²) in [6, 6.07) is 0. The molecule has 0 radical (unpaired) electrons. The van der Waals surface area contributed by atoms with E-state index in [-0.39, 0.29) is 30.5 Å². The Morgan fingerprint density at radius 1 is 1.44 bits per heavy atom. The van der Waals surface area contributed by atoms with Gasteiger partial charge in [0.15, 0.2) is 5.78 Å². The van der Waals surface area contributed by atoms with Gasteiger partial charge in [-0.1, -0.05) is 0 Å². The number of amides is 1. The van der Waals surface area contributed by atoms with E-state index in [0.717, 1.165) is 0 Å². The van der Waals surface area contributed by atoms with E-state index < -0.39 is 5.60 Å². The average molecular weight is 227 g/mol. The number of likely N-dealkylation sites (tertiary alicyclic amines) is 1. The van der Waals surface area contributed by atoms with E-state index in [1.54, 1.807) is 4.90 Å². The minimum Gasteiger partial charge on any atom is -0.444 e. The topological polar surface area (TPSA) is 55.8 Å². The van der Waals surface area contributed by atoms with Crippen molar-refractivity contribution in [3.8, 4) is 0 Å². The Labute approximate surface area is 94.7 Å². The number of ketones is 1. The summed E-state index contributed by atoms with van der Waals surface area (Å²) in [5, 5.41) is 0. The lowest BCUT2D eigenvalue weighted by atomic mass is 10.1. The highest BCUT2D eigenvalue weighted by molar-refractivity contribution is 5.86. The summed E-state index contributed by atoms with van der Waals surface area (Å²) in [6.45, 7) is 6.55. The Bertz CT molecular complexity index is 320. The predicted molar refractivity (Wildman–Crippen MR) is 56.0 cm³/mol. The minimum absolute atomic E-state index is 0.0936.